The van der Waals surface area contributed by atoms with Crippen molar-refractivity contribution in [1.29, 1.82) is 0 Å². The van der Waals surface area contributed by atoms with Crippen LogP contribution >= 0.6 is 11.6 Å². The Bertz CT molecular complexity index is 396. The van der Waals surface area contributed by atoms with Gasteiger partial charge < -0.3 is 5.32 Å². The van der Waals surface area contributed by atoms with Crippen molar-refractivity contribution in [2.75, 3.05) is 6.54 Å². The van der Waals surface area contributed by atoms with Crippen LogP contribution in [0.5, 0.6) is 0 Å². The minimum Gasteiger partial charge on any atom is -0.352 e. The summed E-state index contributed by atoms with van der Waals surface area (Å²) in [6, 6.07) is 3.35. The summed E-state index contributed by atoms with van der Waals surface area (Å²) in [6.45, 7) is 2.57. The Balaban J connectivity index is 1.80. The number of carbonyl (C=O) groups excluding carboxylic acids is 1. The third kappa shape index (κ3) is 4.00. The molecule has 17 heavy (non-hydrogen) atoms. The highest BCUT2D eigenvalue weighted by atomic mass is 35.5. The third-order valence-electron chi connectivity index (χ3n) is 2.96. The first-order chi connectivity index (χ1) is 8.15. The number of nitrogens with one attached hydrogen (secondary N) is 1. The van der Waals surface area contributed by atoms with Crippen LogP contribution in [0.25, 0.3) is 0 Å². The normalized spacial score (nSPS) is 14.7. The van der Waals surface area contributed by atoms with E-state index in [-0.39, 0.29) is 5.91 Å². The maximum Gasteiger partial charge on any atom is 0.251 e. The first kappa shape index (κ1) is 12.4. The quantitative estimate of drug-likeness (QED) is 0.647. The van der Waals surface area contributed by atoms with E-state index in [0.29, 0.717) is 10.7 Å². The second kappa shape index (κ2) is 5.50. The number of carbonyl (C=O) groups is 1. The molecule has 0 unspecified atom stereocenters. The van der Waals surface area contributed by atoms with Gasteiger partial charge in [0.1, 0.15) is 5.15 Å². The summed E-state index contributed by atoms with van der Waals surface area (Å²) < 4.78 is 0. The number of pyridine rings is 1. The Morgan fingerprint density at radius 3 is 2.94 bits per heavy atom. The number of aromatic nitrogens is 1. The molecule has 0 aromatic carbocycles. The van der Waals surface area contributed by atoms with Gasteiger partial charge in [-0.3, -0.25) is 4.79 Å². The van der Waals surface area contributed by atoms with Gasteiger partial charge in [-0.2, -0.15) is 0 Å². The second-order valence-electron chi connectivity index (χ2n) is 4.66. The molecular weight excluding hydrogens is 236 g/mol. The van der Waals surface area contributed by atoms with Gasteiger partial charge in [0.2, 0.25) is 0 Å². The topological polar surface area (TPSA) is 42.0 Å². The maximum absolute atomic E-state index is 11.8. The fourth-order valence-corrected chi connectivity index (χ4v) is 2.11. The average molecular weight is 253 g/mol. The zero-order valence-corrected chi connectivity index (χ0v) is 10.8. The van der Waals surface area contributed by atoms with Gasteiger partial charge in [0.25, 0.3) is 5.91 Å². The molecule has 0 saturated heterocycles. The van der Waals surface area contributed by atoms with E-state index < -0.39 is 0 Å². The van der Waals surface area contributed by atoms with Crippen molar-refractivity contribution in [2.24, 2.45) is 5.92 Å². The highest BCUT2D eigenvalue weighted by molar-refractivity contribution is 6.29. The molecular formula is C13H17ClN2O. The van der Waals surface area contributed by atoms with Gasteiger partial charge in [0.15, 0.2) is 0 Å². The smallest absolute Gasteiger partial charge is 0.251 e. The molecule has 1 aromatic heterocycles. The number of hydrogen-bond acceptors (Lipinski definition) is 2. The number of amides is 1. The largest absolute Gasteiger partial charge is 0.352 e. The third-order valence-corrected chi connectivity index (χ3v) is 3.15. The molecule has 0 bridgehead atoms. The molecule has 1 aliphatic rings. The van der Waals surface area contributed by atoms with Crippen molar-refractivity contribution in [3.63, 3.8) is 0 Å². The first-order valence-electron chi connectivity index (χ1n) is 6.07. The second-order valence-corrected chi connectivity index (χ2v) is 5.05. The molecule has 92 valence electrons. The molecule has 2 rings (SSSR count). The van der Waals surface area contributed by atoms with Crippen LogP contribution in [-0.4, -0.2) is 17.4 Å². The number of nitrogens with zero attached hydrogens (tertiary/aromatic N) is 1. The number of aryl methyl sites for hydroxylation is 1. The average Bonchev–Trinajstić information content (AvgIpc) is 3.06. The Hall–Kier alpha value is -1.09. The zero-order valence-electron chi connectivity index (χ0n) is 10.0. The Morgan fingerprint density at radius 2 is 2.29 bits per heavy atom. The van der Waals surface area contributed by atoms with Gasteiger partial charge in [-0.15, -0.1) is 0 Å². The van der Waals surface area contributed by atoms with Crippen molar-refractivity contribution in [3.05, 3.63) is 28.5 Å². The lowest BCUT2D eigenvalue weighted by atomic mass is 10.2. The summed E-state index contributed by atoms with van der Waals surface area (Å²) in [5.41, 5.74) is 1.36. The predicted octanol–water partition coefficient (Wildman–Crippen LogP) is 2.96. The summed E-state index contributed by atoms with van der Waals surface area (Å²) in [6.07, 6.45) is 5.03. The number of hydrogen-bond donors (Lipinski definition) is 1. The lowest BCUT2D eigenvalue weighted by Crippen LogP contribution is -2.24. The molecule has 0 aliphatic heterocycles. The van der Waals surface area contributed by atoms with Crippen molar-refractivity contribution >= 4 is 17.5 Å². The van der Waals surface area contributed by atoms with E-state index in [1.54, 1.807) is 12.1 Å². The van der Waals surface area contributed by atoms with E-state index in [1.165, 1.54) is 19.3 Å². The van der Waals surface area contributed by atoms with Crippen LogP contribution < -0.4 is 5.32 Å². The fraction of sp³-hybridized carbons (Fsp3) is 0.538. The molecule has 0 spiro atoms. The molecule has 1 aliphatic carbocycles. The predicted molar refractivity (Wildman–Crippen MR) is 68.3 cm³/mol. The van der Waals surface area contributed by atoms with Crippen molar-refractivity contribution in [1.82, 2.24) is 10.3 Å². The van der Waals surface area contributed by atoms with Crippen LogP contribution in [0.3, 0.4) is 0 Å². The number of halogens is 1. The van der Waals surface area contributed by atoms with Crippen LogP contribution in [0.2, 0.25) is 5.15 Å². The molecule has 1 saturated carbocycles. The van der Waals surface area contributed by atoms with Gasteiger partial charge >= 0.3 is 0 Å². The molecule has 1 fully saturated rings. The zero-order chi connectivity index (χ0) is 12.3. The van der Waals surface area contributed by atoms with Gasteiger partial charge in [-0.1, -0.05) is 24.4 Å². The van der Waals surface area contributed by atoms with Crippen LogP contribution in [0.4, 0.5) is 0 Å². The highest BCUT2D eigenvalue weighted by Gasteiger charge is 2.20. The summed E-state index contributed by atoms with van der Waals surface area (Å²) in [7, 11) is 0. The molecule has 1 N–H and O–H groups in total. The van der Waals surface area contributed by atoms with Gasteiger partial charge in [-0.05, 0) is 37.8 Å². The molecule has 0 radical (unpaired) electrons. The van der Waals surface area contributed by atoms with E-state index in [0.717, 1.165) is 24.6 Å². The molecule has 0 atom stereocenters. The lowest BCUT2D eigenvalue weighted by Gasteiger charge is -2.05. The SMILES string of the molecule is Cc1cc(C(=O)NCCCC2CC2)cc(Cl)n1. The first-order valence-corrected chi connectivity index (χ1v) is 6.45. The summed E-state index contributed by atoms with van der Waals surface area (Å²) in [4.78, 5) is 15.8. The van der Waals surface area contributed by atoms with Crippen LogP contribution in [-0.2, 0) is 0 Å². The fourth-order valence-electron chi connectivity index (χ4n) is 1.86. The number of rotatable bonds is 5. The Labute approximate surface area is 107 Å². The molecule has 1 aromatic rings. The van der Waals surface area contributed by atoms with Crippen LogP contribution in [0.15, 0.2) is 12.1 Å². The van der Waals surface area contributed by atoms with Gasteiger partial charge in [0, 0.05) is 17.8 Å². The summed E-state index contributed by atoms with van der Waals surface area (Å²) >= 11 is 5.81. The van der Waals surface area contributed by atoms with E-state index in [1.807, 2.05) is 6.92 Å². The van der Waals surface area contributed by atoms with Crippen LogP contribution in [0, 0.1) is 12.8 Å². The summed E-state index contributed by atoms with van der Waals surface area (Å²) in [5.74, 6) is 0.859. The van der Waals surface area contributed by atoms with E-state index in [9.17, 15) is 4.79 Å². The molecule has 4 heteroatoms. The maximum atomic E-state index is 11.8. The van der Waals surface area contributed by atoms with Crippen molar-refractivity contribution < 1.29 is 4.79 Å². The lowest BCUT2D eigenvalue weighted by molar-refractivity contribution is 0.0952. The minimum absolute atomic E-state index is 0.0619. The van der Waals surface area contributed by atoms with Gasteiger partial charge in [-0.25, -0.2) is 4.98 Å². The van der Waals surface area contributed by atoms with Crippen molar-refractivity contribution in [3.8, 4) is 0 Å². The minimum atomic E-state index is -0.0619. The standard InChI is InChI=1S/C13H17ClN2O/c1-9-7-11(8-12(14)16-9)13(17)15-6-2-3-10-4-5-10/h7-8,10H,2-6H2,1H3,(H,15,17). The van der Waals surface area contributed by atoms with E-state index in [4.69, 9.17) is 11.6 Å². The molecule has 1 heterocycles. The highest BCUT2D eigenvalue weighted by Crippen LogP contribution is 2.33. The Kier molecular flexibility index (Phi) is 4.00. The van der Waals surface area contributed by atoms with Crippen LogP contribution in [0.1, 0.15) is 41.7 Å². The molecule has 1 amide bonds. The monoisotopic (exact) mass is 252 g/mol. The van der Waals surface area contributed by atoms with E-state index >= 15 is 0 Å². The van der Waals surface area contributed by atoms with Gasteiger partial charge in [0.05, 0.1) is 0 Å². The summed E-state index contributed by atoms with van der Waals surface area (Å²) in [5, 5.41) is 3.28. The Morgan fingerprint density at radius 1 is 1.53 bits per heavy atom. The van der Waals surface area contributed by atoms with E-state index in [2.05, 4.69) is 10.3 Å². The van der Waals surface area contributed by atoms with Crippen molar-refractivity contribution in [2.45, 2.75) is 32.6 Å². The molecule has 3 nitrogen and oxygen atoms in total.